The second-order valence-corrected chi connectivity index (χ2v) is 7.61. The highest BCUT2D eigenvalue weighted by Crippen LogP contribution is 2.32. The average Bonchev–Trinajstić information content (AvgIpc) is 2.73. The van der Waals surface area contributed by atoms with Gasteiger partial charge in [-0.05, 0) is 42.0 Å². The van der Waals surface area contributed by atoms with Gasteiger partial charge >= 0.3 is 0 Å². The van der Waals surface area contributed by atoms with E-state index in [9.17, 15) is 8.42 Å². The van der Waals surface area contributed by atoms with Gasteiger partial charge in [0.15, 0.2) is 17.3 Å². The van der Waals surface area contributed by atoms with Crippen molar-refractivity contribution in [2.45, 2.75) is 11.4 Å². The van der Waals surface area contributed by atoms with Crippen molar-refractivity contribution in [3.63, 3.8) is 0 Å². The van der Waals surface area contributed by atoms with Crippen molar-refractivity contribution in [3.8, 4) is 11.5 Å². The van der Waals surface area contributed by atoms with Crippen LogP contribution in [0.3, 0.4) is 0 Å². The van der Waals surface area contributed by atoms with Crippen molar-refractivity contribution < 1.29 is 17.9 Å². The highest BCUT2D eigenvalue weighted by atomic mass is 32.2. The van der Waals surface area contributed by atoms with E-state index in [4.69, 9.17) is 9.47 Å². The summed E-state index contributed by atoms with van der Waals surface area (Å²) in [5.41, 5.74) is 1.04. The first-order valence-electron chi connectivity index (χ1n) is 8.49. The summed E-state index contributed by atoms with van der Waals surface area (Å²) >= 11 is 0. The lowest BCUT2D eigenvalue weighted by Crippen LogP contribution is -2.18. The summed E-state index contributed by atoms with van der Waals surface area (Å²) in [6, 6.07) is 11.4. The van der Waals surface area contributed by atoms with E-state index in [1.54, 1.807) is 24.5 Å². The first kappa shape index (κ1) is 18.0. The predicted octanol–water partition coefficient (Wildman–Crippen LogP) is 2.06. The maximum absolute atomic E-state index is 12.6. The van der Waals surface area contributed by atoms with Crippen LogP contribution in [0.25, 0.3) is 0 Å². The number of hydrogen-bond acceptors (Lipinski definition) is 8. The molecule has 28 heavy (non-hydrogen) atoms. The zero-order valence-corrected chi connectivity index (χ0v) is 15.5. The van der Waals surface area contributed by atoms with Crippen molar-refractivity contribution in [2.75, 3.05) is 23.3 Å². The number of pyridine rings is 1. The molecular formula is C18H17N5O4S. The number of fused-ring (bicyclic) bond motifs is 1. The molecule has 2 aromatic heterocycles. The number of anilines is 2. The first-order valence-corrected chi connectivity index (χ1v) is 9.97. The molecule has 0 atom stereocenters. The molecule has 0 saturated heterocycles. The lowest BCUT2D eigenvalue weighted by Gasteiger charge is -2.18. The lowest BCUT2D eigenvalue weighted by molar-refractivity contribution is 0.171. The fourth-order valence-corrected chi connectivity index (χ4v) is 3.57. The summed E-state index contributed by atoms with van der Waals surface area (Å²) in [4.78, 5) is 4.01. The minimum atomic E-state index is -3.83. The smallest absolute Gasteiger partial charge is 0.263 e. The zero-order chi connectivity index (χ0) is 19.4. The third-order valence-electron chi connectivity index (χ3n) is 3.95. The molecule has 0 radical (unpaired) electrons. The summed E-state index contributed by atoms with van der Waals surface area (Å²) in [7, 11) is -3.83. The Morgan fingerprint density at radius 3 is 2.36 bits per heavy atom. The quantitative estimate of drug-likeness (QED) is 0.647. The van der Waals surface area contributed by atoms with Gasteiger partial charge in [-0.15, -0.1) is 10.2 Å². The third kappa shape index (κ3) is 4.12. The van der Waals surface area contributed by atoms with Gasteiger partial charge in [-0.25, -0.2) is 8.42 Å². The minimum Gasteiger partial charge on any atom is -0.486 e. The summed E-state index contributed by atoms with van der Waals surface area (Å²) in [5.74, 6) is 1.56. The molecule has 1 aliphatic heterocycles. The molecule has 0 saturated carbocycles. The normalized spacial score (nSPS) is 13.0. The van der Waals surface area contributed by atoms with E-state index in [1.807, 2.05) is 12.1 Å². The van der Waals surface area contributed by atoms with Crippen molar-refractivity contribution >= 4 is 21.7 Å². The van der Waals surface area contributed by atoms with E-state index in [0.29, 0.717) is 37.1 Å². The highest BCUT2D eigenvalue weighted by Gasteiger charge is 2.20. The van der Waals surface area contributed by atoms with E-state index in [2.05, 4.69) is 25.2 Å². The molecular weight excluding hydrogens is 382 g/mol. The van der Waals surface area contributed by atoms with Crippen LogP contribution in [-0.2, 0) is 16.6 Å². The van der Waals surface area contributed by atoms with Crippen molar-refractivity contribution in [3.05, 3.63) is 60.4 Å². The Morgan fingerprint density at radius 2 is 1.61 bits per heavy atom. The molecule has 0 bridgehead atoms. The van der Waals surface area contributed by atoms with Crippen LogP contribution in [0.2, 0.25) is 0 Å². The van der Waals surface area contributed by atoms with E-state index in [-0.39, 0.29) is 10.7 Å². The van der Waals surface area contributed by atoms with Crippen LogP contribution < -0.4 is 19.5 Å². The number of hydrogen-bond donors (Lipinski definition) is 2. The maximum atomic E-state index is 12.6. The largest absolute Gasteiger partial charge is 0.486 e. The second kappa shape index (κ2) is 7.69. The van der Waals surface area contributed by atoms with E-state index in [1.165, 1.54) is 18.2 Å². The molecule has 4 rings (SSSR count). The number of ether oxygens (including phenoxy) is 2. The topological polar surface area (TPSA) is 115 Å². The summed E-state index contributed by atoms with van der Waals surface area (Å²) in [5, 5.41) is 11.0. The van der Waals surface area contributed by atoms with Gasteiger partial charge in [0.05, 0.1) is 4.90 Å². The Morgan fingerprint density at radius 1 is 0.893 bits per heavy atom. The van der Waals surface area contributed by atoms with Crippen LogP contribution in [0.5, 0.6) is 11.5 Å². The van der Waals surface area contributed by atoms with Gasteiger partial charge in [-0.2, -0.15) is 0 Å². The summed E-state index contributed by atoms with van der Waals surface area (Å²) < 4.78 is 38.4. The fraction of sp³-hybridized carbons (Fsp3) is 0.167. The molecule has 10 heteroatoms. The van der Waals surface area contributed by atoms with Gasteiger partial charge in [0.2, 0.25) is 0 Å². The van der Waals surface area contributed by atoms with E-state index in [0.717, 1.165) is 5.56 Å². The first-order chi connectivity index (χ1) is 13.6. The van der Waals surface area contributed by atoms with E-state index >= 15 is 0 Å². The molecule has 9 nitrogen and oxygen atoms in total. The molecule has 144 valence electrons. The lowest BCUT2D eigenvalue weighted by atomic mass is 10.3. The molecule has 2 N–H and O–H groups in total. The SMILES string of the molecule is O=S(=O)(Nc1ccc(NCc2ccncc2)nn1)c1ccc2c(c1)OCCO2. The van der Waals surface area contributed by atoms with Crippen LogP contribution in [0.4, 0.5) is 11.6 Å². The van der Waals surface area contributed by atoms with Gasteiger partial charge < -0.3 is 14.8 Å². The van der Waals surface area contributed by atoms with Crippen LogP contribution in [0.15, 0.2) is 59.8 Å². The molecule has 0 aliphatic carbocycles. The fourth-order valence-electron chi connectivity index (χ4n) is 2.56. The highest BCUT2D eigenvalue weighted by molar-refractivity contribution is 7.92. The number of rotatable bonds is 6. The molecule has 1 aromatic carbocycles. The Balaban J connectivity index is 1.43. The van der Waals surface area contributed by atoms with Crippen LogP contribution in [0.1, 0.15) is 5.56 Å². The van der Waals surface area contributed by atoms with Gasteiger partial charge in [-0.1, -0.05) is 0 Å². The molecule has 1 aliphatic rings. The Labute approximate surface area is 161 Å². The van der Waals surface area contributed by atoms with Crippen LogP contribution in [0, 0.1) is 0 Å². The van der Waals surface area contributed by atoms with Gasteiger partial charge in [0.25, 0.3) is 10.0 Å². The summed E-state index contributed by atoms with van der Waals surface area (Å²) in [6.45, 7) is 1.37. The zero-order valence-electron chi connectivity index (χ0n) is 14.7. The van der Waals surface area contributed by atoms with Gasteiger partial charge in [0.1, 0.15) is 19.0 Å². The summed E-state index contributed by atoms with van der Waals surface area (Å²) in [6.07, 6.45) is 3.41. The molecule has 0 amide bonds. The standard InChI is InChI=1S/C18H17N5O4S/c24-28(25,14-1-2-15-16(11-14)27-10-9-26-15)23-18-4-3-17(21-22-18)20-12-13-5-7-19-8-6-13/h1-8,11H,9-10,12H2,(H,20,21)(H,22,23). The maximum Gasteiger partial charge on any atom is 0.263 e. The van der Waals surface area contributed by atoms with Gasteiger partial charge in [-0.3, -0.25) is 9.71 Å². The third-order valence-corrected chi connectivity index (χ3v) is 5.30. The Hall–Kier alpha value is -3.40. The number of nitrogens with zero attached hydrogens (tertiary/aromatic N) is 3. The van der Waals surface area contributed by atoms with Gasteiger partial charge in [0, 0.05) is 25.0 Å². The number of sulfonamides is 1. The second-order valence-electron chi connectivity index (χ2n) is 5.92. The average molecular weight is 399 g/mol. The van der Waals surface area contributed by atoms with Crippen molar-refractivity contribution in [1.82, 2.24) is 15.2 Å². The monoisotopic (exact) mass is 399 g/mol. The van der Waals surface area contributed by atoms with E-state index < -0.39 is 10.0 Å². The van der Waals surface area contributed by atoms with Crippen LogP contribution in [-0.4, -0.2) is 36.8 Å². The van der Waals surface area contributed by atoms with Crippen molar-refractivity contribution in [1.29, 1.82) is 0 Å². The predicted molar refractivity (Wildman–Crippen MR) is 102 cm³/mol. The number of nitrogens with one attached hydrogen (secondary N) is 2. The molecule has 3 heterocycles. The minimum absolute atomic E-state index is 0.0541. The van der Waals surface area contributed by atoms with Crippen molar-refractivity contribution in [2.24, 2.45) is 0 Å². The molecule has 0 unspecified atom stereocenters. The Bertz CT molecular complexity index is 1060. The Kier molecular flexibility index (Phi) is 4.94. The molecule has 0 fully saturated rings. The molecule has 3 aromatic rings. The number of aromatic nitrogens is 3. The van der Waals surface area contributed by atoms with Crippen LogP contribution >= 0.6 is 0 Å². The molecule has 0 spiro atoms. The number of benzene rings is 1.